The molecule has 0 aromatic carbocycles. The highest BCUT2D eigenvalue weighted by Gasteiger charge is 2.68. The first kappa shape index (κ1) is 12.4. The fraction of sp³-hybridized carbons (Fsp3) is 1.00. The Labute approximate surface area is 98.4 Å². The molecule has 94 valence electrons. The van der Waals surface area contributed by atoms with E-state index < -0.39 is 10.1 Å². The minimum atomic E-state index is -3.89. The second-order valence-corrected chi connectivity index (χ2v) is 8.31. The first-order valence-electron chi connectivity index (χ1n) is 5.97. The summed E-state index contributed by atoms with van der Waals surface area (Å²) < 4.78 is 31.8. The van der Waals surface area contributed by atoms with Gasteiger partial charge >= 0.3 is 0 Å². The average molecular weight is 246 g/mol. The van der Waals surface area contributed by atoms with E-state index in [1.54, 1.807) is 0 Å². The number of rotatable bonds is 2. The van der Waals surface area contributed by atoms with Crippen molar-refractivity contribution in [1.82, 2.24) is 0 Å². The van der Waals surface area contributed by atoms with E-state index in [-0.39, 0.29) is 22.0 Å². The fourth-order valence-corrected chi connectivity index (χ4v) is 6.17. The van der Waals surface area contributed by atoms with Gasteiger partial charge in [-0.3, -0.25) is 4.55 Å². The van der Waals surface area contributed by atoms with Crippen LogP contribution in [0.4, 0.5) is 0 Å². The SMILES string of the molecule is CC1(C)CC2CCC1(CS(=O)(=O)O)C2(C)C. The van der Waals surface area contributed by atoms with Crippen LogP contribution in [0, 0.1) is 22.2 Å². The van der Waals surface area contributed by atoms with Gasteiger partial charge in [0.2, 0.25) is 0 Å². The van der Waals surface area contributed by atoms with Gasteiger partial charge in [0.1, 0.15) is 0 Å². The number of hydrogen-bond acceptors (Lipinski definition) is 2. The van der Waals surface area contributed by atoms with Crippen LogP contribution in [0.5, 0.6) is 0 Å². The predicted octanol–water partition coefficient (Wildman–Crippen LogP) is 2.73. The summed E-state index contributed by atoms with van der Waals surface area (Å²) in [5.74, 6) is 0.528. The molecule has 0 saturated heterocycles. The van der Waals surface area contributed by atoms with Crippen LogP contribution < -0.4 is 0 Å². The topological polar surface area (TPSA) is 54.4 Å². The molecule has 2 atom stereocenters. The third-order valence-corrected chi connectivity index (χ3v) is 6.51. The van der Waals surface area contributed by atoms with Crippen molar-refractivity contribution in [3.05, 3.63) is 0 Å². The number of fused-ring (bicyclic) bond motifs is 2. The maximum Gasteiger partial charge on any atom is 0.265 e. The number of hydrogen-bond donors (Lipinski definition) is 1. The van der Waals surface area contributed by atoms with E-state index in [4.69, 9.17) is 0 Å². The van der Waals surface area contributed by atoms with E-state index in [1.165, 1.54) is 0 Å². The van der Waals surface area contributed by atoms with Crippen molar-refractivity contribution in [1.29, 1.82) is 0 Å². The minimum absolute atomic E-state index is 0.00914. The lowest BCUT2D eigenvalue weighted by atomic mass is 9.60. The van der Waals surface area contributed by atoms with Gasteiger partial charge in [-0.2, -0.15) is 8.42 Å². The maximum absolute atomic E-state index is 11.3. The molecule has 0 aromatic heterocycles. The molecule has 0 aliphatic heterocycles. The maximum atomic E-state index is 11.3. The molecule has 0 aromatic rings. The van der Waals surface area contributed by atoms with Gasteiger partial charge in [0, 0.05) is 0 Å². The van der Waals surface area contributed by atoms with E-state index >= 15 is 0 Å². The minimum Gasteiger partial charge on any atom is -0.286 e. The zero-order valence-corrected chi connectivity index (χ0v) is 11.4. The molecule has 2 rings (SSSR count). The van der Waals surface area contributed by atoms with Crippen LogP contribution in [0.2, 0.25) is 0 Å². The van der Waals surface area contributed by atoms with Crippen molar-refractivity contribution in [2.75, 3.05) is 5.75 Å². The molecular formula is C12H22O3S. The summed E-state index contributed by atoms with van der Waals surface area (Å²) in [6.45, 7) is 8.65. The van der Waals surface area contributed by atoms with Crippen molar-refractivity contribution >= 4 is 10.1 Å². The van der Waals surface area contributed by atoms with Crippen molar-refractivity contribution in [3.63, 3.8) is 0 Å². The predicted molar refractivity (Wildman–Crippen MR) is 63.8 cm³/mol. The zero-order valence-electron chi connectivity index (χ0n) is 10.6. The molecule has 2 bridgehead atoms. The largest absolute Gasteiger partial charge is 0.286 e. The highest BCUT2D eigenvalue weighted by Crippen LogP contribution is 2.73. The summed E-state index contributed by atoms with van der Waals surface area (Å²) in [7, 11) is -3.89. The summed E-state index contributed by atoms with van der Waals surface area (Å²) in [6.07, 6.45) is 3.11. The van der Waals surface area contributed by atoms with Crippen LogP contribution in [-0.4, -0.2) is 18.7 Å². The molecule has 0 radical (unpaired) electrons. The van der Waals surface area contributed by atoms with Crippen molar-refractivity contribution in [2.45, 2.75) is 47.0 Å². The smallest absolute Gasteiger partial charge is 0.265 e. The second kappa shape index (κ2) is 3.02. The van der Waals surface area contributed by atoms with Crippen LogP contribution in [0.3, 0.4) is 0 Å². The van der Waals surface area contributed by atoms with Gasteiger partial charge in [0.05, 0.1) is 5.75 Å². The molecule has 1 N–H and O–H groups in total. The van der Waals surface area contributed by atoms with Crippen molar-refractivity contribution in [2.24, 2.45) is 22.2 Å². The lowest BCUT2D eigenvalue weighted by Crippen LogP contribution is -2.45. The first-order chi connectivity index (χ1) is 7.02. The summed E-state index contributed by atoms with van der Waals surface area (Å²) in [5, 5.41) is 0. The standard InChI is InChI=1S/C12H22O3S/c1-10(2)7-9-5-6-12(10,11(9,3)4)8-16(13,14)15/h9H,5-8H2,1-4H3,(H,13,14,15). The summed E-state index contributed by atoms with van der Waals surface area (Å²) in [4.78, 5) is 0. The van der Waals surface area contributed by atoms with Gasteiger partial charge in [-0.25, -0.2) is 0 Å². The molecule has 0 spiro atoms. The highest BCUT2D eigenvalue weighted by molar-refractivity contribution is 7.85. The molecule has 2 aliphatic carbocycles. The van der Waals surface area contributed by atoms with Gasteiger partial charge in [0.15, 0.2) is 0 Å². The van der Waals surface area contributed by atoms with Gasteiger partial charge < -0.3 is 0 Å². The molecule has 2 saturated carbocycles. The molecule has 3 nitrogen and oxygen atoms in total. The molecule has 4 heteroatoms. The average Bonchev–Trinajstić information content (AvgIpc) is 2.31. The molecule has 0 amide bonds. The van der Waals surface area contributed by atoms with E-state index in [0.717, 1.165) is 19.3 Å². The van der Waals surface area contributed by atoms with E-state index in [2.05, 4.69) is 27.7 Å². The molecule has 2 aliphatic rings. The zero-order chi connectivity index (χ0) is 12.4. The lowest BCUT2D eigenvalue weighted by molar-refractivity contribution is 0.0454. The fourth-order valence-electron chi connectivity index (χ4n) is 4.64. The van der Waals surface area contributed by atoms with Gasteiger partial charge in [-0.1, -0.05) is 27.7 Å². The summed E-state index contributed by atoms with van der Waals surface area (Å²) in [5.41, 5.74) is -0.222. The van der Waals surface area contributed by atoms with Crippen LogP contribution in [0.25, 0.3) is 0 Å². The Bertz CT molecular complexity index is 408. The summed E-state index contributed by atoms with van der Waals surface area (Å²) >= 11 is 0. The van der Waals surface area contributed by atoms with Gasteiger partial charge in [0.25, 0.3) is 10.1 Å². The van der Waals surface area contributed by atoms with E-state index in [9.17, 15) is 13.0 Å². The molecule has 16 heavy (non-hydrogen) atoms. The monoisotopic (exact) mass is 246 g/mol. The quantitative estimate of drug-likeness (QED) is 0.762. The third kappa shape index (κ3) is 1.39. The van der Waals surface area contributed by atoms with Crippen LogP contribution >= 0.6 is 0 Å². The Morgan fingerprint density at radius 1 is 1.25 bits per heavy atom. The Morgan fingerprint density at radius 2 is 1.81 bits per heavy atom. The Hall–Kier alpha value is -0.0900. The highest BCUT2D eigenvalue weighted by atomic mass is 32.2. The van der Waals surface area contributed by atoms with Crippen LogP contribution in [0.1, 0.15) is 47.0 Å². The van der Waals surface area contributed by atoms with E-state index in [0.29, 0.717) is 5.92 Å². The Morgan fingerprint density at radius 3 is 2.12 bits per heavy atom. The molecule has 0 heterocycles. The second-order valence-electron chi connectivity index (χ2n) is 6.85. The van der Waals surface area contributed by atoms with Crippen LogP contribution in [0.15, 0.2) is 0 Å². The third-order valence-electron chi connectivity index (χ3n) is 5.65. The van der Waals surface area contributed by atoms with Crippen molar-refractivity contribution in [3.8, 4) is 0 Å². The van der Waals surface area contributed by atoms with E-state index in [1.807, 2.05) is 0 Å². The molecule has 2 fully saturated rings. The van der Waals surface area contributed by atoms with Gasteiger partial charge in [-0.15, -0.1) is 0 Å². The van der Waals surface area contributed by atoms with Crippen LogP contribution in [-0.2, 0) is 10.1 Å². The molecular weight excluding hydrogens is 224 g/mol. The van der Waals surface area contributed by atoms with Crippen molar-refractivity contribution < 1.29 is 13.0 Å². The van der Waals surface area contributed by atoms with Gasteiger partial charge in [-0.05, 0) is 41.4 Å². The molecule has 2 unspecified atom stereocenters. The Balaban J connectivity index is 2.50. The normalized spacial score (nSPS) is 40.2. The Kier molecular flexibility index (Phi) is 2.33. The lowest BCUT2D eigenvalue weighted by Gasteiger charge is -2.46. The first-order valence-corrected chi connectivity index (χ1v) is 7.58. The summed E-state index contributed by atoms with van der Waals surface area (Å²) in [6, 6.07) is 0.